The van der Waals surface area contributed by atoms with Crippen molar-refractivity contribution in [2.45, 2.75) is 38.5 Å². The maximum absolute atomic E-state index is 9.57. The summed E-state index contributed by atoms with van der Waals surface area (Å²) in [6, 6.07) is 4.07. The Bertz CT molecular complexity index is 682. The summed E-state index contributed by atoms with van der Waals surface area (Å²) >= 11 is 1.50. The molecule has 2 heterocycles. The first-order valence-corrected chi connectivity index (χ1v) is 8.46. The van der Waals surface area contributed by atoms with Crippen molar-refractivity contribution in [3.8, 4) is 6.07 Å². The largest absolute Gasteiger partial charge is 0.354 e. The molecule has 23 heavy (non-hydrogen) atoms. The van der Waals surface area contributed by atoms with E-state index < -0.39 is 5.92 Å². The summed E-state index contributed by atoms with van der Waals surface area (Å²) in [5, 5.41) is 15.5. The lowest BCUT2D eigenvalue weighted by molar-refractivity contribution is 0.570. The van der Waals surface area contributed by atoms with E-state index in [1.807, 2.05) is 5.38 Å². The van der Waals surface area contributed by atoms with Gasteiger partial charge in [0.2, 0.25) is 5.95 Å². The zero-order valence-corrected chi connectivity index (χ0v) is 14.5. The molecule has 1 unspecified atom stereocenters. The summed E-state index contributed by atoms with van der Waals surface area (Å²) in [6.07, 6.45) is 2.51. The fraction of sp³-hybridized carbons (Fsp3) is 0.500. The Kier molecular flexibility index (Phi) is 5.64. The molecule has 0 bridgehead atoms. The Morgan fingerprint density at radius 1 is 1.39 bits per heavy atom. The SMILES string of the molecule is CC(C)(C)c1csc(C(C#N)c2ccnc(NCCCN)n2)n1. The first kappa shape index (κ1) is 17.3. The van der Waals surface area contributed by atoms with Crippen LogP contribution in [0.25, 0.3) is 0 Å². The minimum Gasteiger partial charge on any atom is -0.354 e. The fourth-order valence-electron chi connectivity index (χ4n) is 1.93. The molecule has 0 fully saturated rings. The number of thiazole rings is 1. The second-order valence-corrected chi connectivity index (χ2v) is 7.15. The molecular weight excluding hydrogens is 308 g/mol. The van der Waals surface area contributed by atoms with Crippen molar-refractivity contribution < 1.29 is 0 Å². The molecule has 3 N–H and O–H groups in total. The zero-order chi connectivity index (χ0) is 16.9. The summed E-state index contributed by atoms with van der Waals surface area (Å²) in [6.45, 7) is 7.65. The van der Waals surface area contributed by atoms with Gasteiger partial charge in [-0.3, -0.25) is 0 Å². The molecule has 122 valence electrons. The van der Waals surface area contributed by atoms with Crippen molar-refractivity contribution in [1.82, 2.24) is 15.0 Å². The molecule has 0 saturated heterocycles. The van der Waals surface area contributed by atoms with Gasteiger partial charge < -0.3 is 11.1 Å². The van der Waals surface area contributed by atoms with Gasteiger partial charge in [-0.2, -0.15) is 5.26 Å². The van der Waals surface area contributed by atoms with Crippen LogP contribution in [0, 0.1) is 11.3 Å². The summed E-state index contributed by atoms with van der Waals surface area (Å²) in [7, 11) is 0. The zero-order valence-electron chi connectivity index (χ0n) is 13.7. The molecule has 2 aromatic heterocycles. The quantitative estimate of drug-likeness (QED) is 0.790. The number of nitrogens with one attached hydrogen (secondary N) is 1. The normalized spacial score (nSPS) is 12.7. The van der Waals surface area contributed by atoms with Gasteiger partial charge in [-0.1, -0.05) is 20.8 Å². The van der Waals surface area contributed by atoms with Gasteiger partial charge >= 0.3 is 0 Å². The van der Waals surface area contributed by atoms with Crippen LogP contribution in [0.5, 0.6) is 0 Å². The lowest BCUT2D eigenvalue weighted by Crippen LogP contribution is -2.13. The third-order valence-electron chi connectivity index (χ3n) is 3.30. The summed E-state index contributed by atoms with van der Waals surface area (Å²) in [5.41, 5.74) is 7.10. The highest BCUT2D eigenvalue weighted by Gasteiger charge is 2.23. The molecule has 2 aromatic rings. The van der Waals surface area contributed by atoms with Crippen molar-refractivity contribution in [2.75, 3.05) is 18.4 Å². The number of nitrogens with two attached hydrogens (primary N) is 1. The predicted octanol–water partition coefficient (Wildman–Crippen LogP) is 2.65. The molecule has 0 aliphatic rings. The van der Waals surface area contributed by atoms with Gasteiger partial charge in [-0.25, -0.2) is 15.0 Å². The minimum absolute atomic E-state index is 0.0324. The molecule has 0 aliphatic heterocycles. The molecular formula is C16H22N6S. The highest BCUT2D eigenvalue weighted by Crippen LogP contribution is 2.30. The van der Waals surface area contributed by atoms with Crippen molar-refractivity contribution in [3.05, 3.63) is 34.0 Å². The van der Waals surface area contributed by atoms with Gasteiger partial charge in [-0.05, 0) is 19.0 Å². The molecule has 6 nitrogen and oxygen atoms in total. The average molecular weight is 330 g/mol. The lowest BCUT2D eigenvalue weighted by Gasteiger charge is -2.14. The Balaban J connectivity index is 2.22. The third-order valence-corrected chi connectivity index (χ3v) is 4.21. The van der Waals surface area contributed by atoms with Gasteiger partial charge in [0, 0.05) is 23.5 Å². The first-order valence-electron chi connectivity index (χ1n) is 7.58. The number of nitriles is 1. The van der Waals surface area contributed by atoms with E-state index in [2.05, 4.69) is 47.1 Å². The van der Waals surface area contributed by atoms with E-state index >= 15 is 0 Å². The van der Waals surface area contributed by atoms with Gasteiger partial charge in [0.25, 0.3) is 0 Å². The van der Waals surface area contributed by atoms with E-state index in [9.17, 15) is 5.26 Å². The first-order chi connectivity index (χ1) is 11.0. The van der Waals surface area contributed by atoms with Crippen LogP contribution < -0.4 is 11.1 Å². The molecule has 1 atom stereocenters. The van der Waals surface area contributed by atoms with E-state index in [0.717, 1.165) is 17.1 Å². The molecule has 0 radical (unpaired) electrons. The summed E-state index contributed by atoms with van der Waals surface area (Å²) < 4.78 is 0. The van der Waals surface area contributed by atoms with E-state index in [1.54, 1.807) is 12.3 Å². The Hall–Kier alpha value is -2.04. The van der Waals surface area contributed by atoms with E-state index in [4.69, 9.17) is 5.73 Å². The summed E-state index contributed by atoms with van der Waals surface area (Å²) in [4.78, 5) is 13.3. The highest BCUT2D eigenvalue weighted by molar-refractivity contribution is 7.09. The lowest BCUT2D eigenvalue weighted by atomic mass is 9.93. The van der Waals surface area contributed by atoms with Gasteiger partial charge in [0.15, 0.2) is 0 Å². The molecule has 0 saturated carbocycles. The molecule has 0 amide bonds. The standard InChI is InChI=1S/C16H22N6S/c1-16(2,3)13-10-23-14(22-13)11(9-18)12-5-8-20-15(21-12)19-7-4-6-17/h5,8,10-11H,4,6-7,17H2,1-3H3,(H,19,20,21). The Morgan fingerprint density at radius 2 is 2.17 bits per heavy atom. The molecule has 0 aliphatic carbocycles. The number of nitrogens with zero attached hydrogens (tertiary/aromatic N) is 4. The van der Waals surface area contributed by atoms with Crippen molar-refractivity contribution >= 4 is 17.3 Å². The van der Waals surface area contributed by atoms with Crippen molar-refractivity contribution in [3.63, 3.8) is 0 Å². The van der Waals surface area contributed by atoms with E-state index in [1.165, 1.54) is 11.3 Å². The van der Waals surface area contributed by atoms with Crippen LogP contribution in [0.2, 0.25) is 0 Å². The Labute approximate surface area is 140 Å². The van der Waals surface area contributed by atoms with Gasteiger partial charge in [0.05, 0.1) is 17.5 Å². The maximum Gasteiger partial charge on any atom is 0.222 e. The van der Waals surface area contributed by atoms with E-state index in [0.29, 0.717) is 24.7 Å². The molecule has 2 rings (SSSR count). The third kappa shape index (κ3) is 4.47. The number of rotatable bonds is 6. The summed E-state index contributed by atoms with van der Waals surface area (Å²) in [5.74, 6) is 0.0398. The molecule has 7 heteroatoms. The number of hydrogen-bond acceptors (Lipinski definition) is 7. The van der Waals surface area contributed by atoms with Crippen molar-refractivity contribution in [1.29, 1.82) is 5.26 Å². The molecule has 0 aromatic carbocycles. The fourth-order valence-corrected chi connectivity index (χ4v) is 3.03. The van der Waals surface area contributed by atoms with Gasteiger partial charge in [0.1, 0.15) is 10.9 Å². The van der Waals surface area contributed by atoms with Crippen LogP contribution in [0.15, 0.2) is 17.6 Å². The topological polar surface area (TPSA) is 101 Å². The second kappa shape index (κ2) is 7.49. The van der Waals surface area contributed by atoms with Crippen LogP contribution >= 0.6 is 11.3 Å². The van der Waals surface area contributed by atoms with E-state index in [-0.39, 0.29) is 5.41 Å². The Morgan fingerprint density at radius 3 is 2.78 bits per heavy atom. The maximum atomic E-state index is 9.57. The van der Waals surface area contributed by atoms with Crippen LogP contribution in [-0.2, 0) is 5.41 Å². The minimum atomic E-state index is -0.478. The predicted molar refractivity (Wildman–Crippen MR) is 92.5 cm³/mol. The highest BCUT2D eigenvalue weighted by atomic mass is 32.1. The average Bonchev–Trinajstić information content (AvgIpc) is 2.99. The number of aromatic nitrogens is 3. The monoisotopic (exact) mass is 330 g/mol. The van der Waals surface area contributed by atoms with Crippen LogP contribution in [-0.4, -0.2) is 28.0 Å². The van der Waals surface area contributed by atoms with Crippen LogP contribution in [0.3, 0.4) is 0 Å². The van der Waals surface area contributed by atoms with Gasteiger partial charge in [-0.15, -0.1) is 11.3 Å². The second-order valence-electron chi connectivity index (χ2n) is 6.26. The van der Waals surface area contributed by atoms with Crippen LogP contribution in [0.4, 0.5) is 5.95 Å². The number of hydrogen-bond donors (Lipinski definition) is 2. The number of anilines is 1. The van der Waals surface area contributed by atoms with Crippen molar-refractivity contribution in [2.24, 2.45) is 5.73 Å². The smallest absolute Gasteiger partial charge is 0.222 e. The van der Waals surface area contributed by atoms with Crippen LogP contribution in [0.1, 0.15) is 49.5 Å². The molecule has 0 spiro atoms.